The molecule has 1 rings (SSSR count). The lowest BCUT2D eigenvalue weighted by atomic mass is 10.1. The molecule has 0 unspecified atom stereocenters. The summed E-state index contributed by atoms with van der Waals surface area (Å²) < 4.78 is 18.3. The van der Waals surface area contributed by atoms with Crippen molar-refractivity contribution in [3.63, 3.8) is 0 Å². The maximum Gasteiger partial charge on any atom is 0.238 e. The van der Waals surface area contributed by atoms with Crippen LogP contribution in [0.1, 0.15) is 13.8 Å². The number of hydrogen-bond donors (Lipinski definition) is 2. The van der Waals surface area contributed by atoms with E-state index in [2.05, 4.69) is 10.6 Å². The maximum absolute atomic E-state index is 13.3. The van der Waals surface area contributed by atoms with Gasteiger partial charge in [-0.15, -0.1) is 0 Å². The zero-order chi connectivity index (χ0) is 13.6. The van der Waals surface area contributed by atoms with Gasteiger partial charge in [-0.3, -0.25) is 4.79 Å². The second kappa shape index (κ2) is 6.47. The van der Waals surface area contributed by atoms with Gasteiger partial charge in [0.05, 0.1) is 18.8 Å². The van der Waals surface area contributed by atoms with E-state index in [0.717, 1.165) is 0 Å². The van der Waals surface area contributed by atoms with Crippen molar-refractivity contribution in [1.29, 1.82) is 0 Å². The van der Waals surface area contributed by atoms with E-state index in [1.807, 2.05) is 13.8 Å². The molecule has 1 amide bonds. The lowest BCUT2D eigenvalue weighted by Gasteiger charge is -2.24. The fourth-order valence-electron chi connectivity index (χ4n) is 1.49. The largest absolute Gasteiger partial charge is 0.383 e. The van der Waals surface area contributed by atoms with E-state index in [9.17, 15) is 9.18 Å². The highest BCUT2D eigenvalue weighted by atomic mass is 19.1. The maximum atomic E-state index is 13.3. The molecule has 0 spiro atoms. The fraction of sp³-hybridized carbons (Fsp3) is 0.462. The summed E-state index contributed by atoms with van der Waals surface area (Å²) >= 11 is 0. The number of halogens is 1. The van der Waals surface area contributed by atoms with Gasteiger partial charge in [-0.1, -0.05) is 12.1 Å². The predicted molar refractivity (Wildman–Crippen MR) is 69.0 cm³/mol. The average Bonchev–Trinajstić information content (AvgIpc) is 2.30. The van der Waals surface area contributed by atoms with Crippen LogP contribution in [0.15, 0.2) is 24.3 Å². The van der Waals surface area contributed by atoms with Gasteiger partial charge >= 0.3 is 0 Å². The third-order valence-electron chi connectivity index (χ3n) is 2.38. The molecule has 1 aromatic carbocycles. The molecule has 0 heterocycles. The second-order valence-electron chi connectivity index (χ2n) is 4.70. The number of methoxy groups -OCH3 is 1. The quantitative estimate of drug-likeness (QED) is 0.813. The number of rotatable bonds is 6. The van der Waals surface area contributed by atoms with Crippen molar-refractivity contribution >= 4 is 11.6 Å². The van der Waals surface area contributed by atoms with Crippen LogP contribution < -0.4 is 10.6 Å². The van der Waals surface area contributed by atoms with Crippen LogP contribution in [0.2, 0.25) is 0 Å². The molecule has 0 fully saturated rings. The Bertz CT molecular complexity index is 408. The first-order valence-electron chi connectivity index (χ1n) is 5.73. The Morgan fingerprint density at radius 2 is 2.06 bits per heavy atom. The smallest absolute Gasteiger partial charge is 0.238 e. The van der Waals surface area contributed by atoms with Crippen LogP contribution in [0.4, 0.5) is 10.1 Å². The van der Waals surface area contributed by atoms with E-state index in [4.69, 9.17) is 4.74 Å². The summed E-state index contributed by atoms with van der Waals surface area (Å²) in [5.74, 6) is -0.730. The zero-order valence-electron chi connectivity index (χ0n) is 10.9. The Kier molecular flexibility index (Phi) is 5.25. The van der Waals surface area contributed by atoms with Crippen LogP contribution in [0.5, 0.6) is 0 Å². The zero-order valence-corrected chi connectivity index (χ0v) is 10.9. The first kappa shape index (κ1) is 14.6. The molecule has 1 aromatic rings. The lowest BCUT2D eigenvalue weighted by Crippen LogP contribution is -2.46. The van der Waals surface area contributed by atoms with Crippen molar-refractivity contribution in [3.05, 3.63) is 30.1 Å². The Labute approximate surface area is 107 Å². The standard InChI is InChI=1S/C13H19FN2O2/c1-13(2,9-18-3)15-8-12(17)16-11-7-5-4-6-10(11)14/h4-7,15H,8-9H2,1-3H3,(H,16,17). The van der Waals surface area contributed by atoms with Gasteiger partial charge in [-0.25, -0.2) is 4.39 Å². The Hall–Kier alpha value is -1.46. The molecule has 0 saturated carbocycles. The van der Waals surface area contributed by atoms with E-state index < -0.39 is 5.82 Å². The second-order valence-corrected chi connectivity index (χ2v) is 4.70. The average molecular weight is 254 g/mol. The van der Waals surface area contributed by atoms with Gasteiger partial charge in [0.1, 0.15) is 5.82 Å². The summed E-state index contributed by atoms with van der Waals surface area (Å²) in [5, 5.41) is 5.55. The first-order chi connectivity index (χ1) is 8.44. The Morgan fingerprint density at radius 1 is 1.39 bits per heavy atom. The molecule has 2 N–H and O–H groups in total. The van der Waals surface area contributed by atoms with Crippen LogP contribution in [0.3, 0.4) is 0 Å². The first-order valence-corrected chi connectivity index (χ1v) is 5.73. The Morgan fingerprint density at radius 3 is 2.67 bits per heavy atom. The summed E-state index contributed by atoms with van der Waals surface area (Å²) in [7, 11) is 1.60. The number of nitrogens with one attached hydrogen (secondary N) is 2. The fourth-order valence-corrected chi connectivity index (χ4v) is 1.49. The molecular formula is C13H19FN2O2. The van der Waals surface area contributed by atoms with E-state index >= 15 is 0 Å². The van der Waals surface area contributed by atoms with Gasteiger partial charge in [0, 0.05) is 12.6 Å². The molecule has 5 heteroatoms. The summed E-state index contributed by atoms with van der Waals surface area (Å²) in [4.78, 5) is 11.6. The van der Waals surface area contributed by atoms with Crippen LogP contribution >= 0.6 is 0 Å². The molecule has 0 aliphatic carbocycles. The number of anilines is 1. The molecule has 0 aliphatic rings. The molecule has 0 bridgehead atoms. The summed E-state index contributed by atoms with van der Waals surface area (Å²) in [5.41, 5.74) is -0.115. The molecule has 4 nitrogen and oxygen atoms in total. The number of carbonyl (C=O) groups excluding carboxylic acids is 1. The van der Waals surface area contributed by atoms with Crippen molar-refractivity contribution in [3.8, 4) is 0 Å². The minimum absolute atomic E-state index is 0.102. The number of para-hydroxylation sites is 1. The summed E-state index contributed by atoms with van der Waals surface area (Å²) in [6.07, 6.45) is 0. The Balaban J connectivity index is 2.46. The minimum atomic E-state index is -0.443. The van der Waals surface area contributed by atoms with Gasteiger partial charge in [-0.05, 0) is 26.0 Å². The van der Waals surface area contributed by atoms with Crippen molar-refractivity contribution in [1.82, 2.24) is 5.32 Å². The summed E-state index contributed by atoms with van der Waals surface area (Å²) in [6.45, 7) is 4.43. The van der Waals surface area contributed by atoms with Crippen molar-refractivity contribution < 1.29 is 13.9 Å². The number of ether oxygens (including phenoxy) is 1. The van der Waals surface area contributed by atoms with Crippen LogP contribution in [0.25, 0.3) is 0 Å². The van der Waals surface area contributed by atoms with Crippen LogP contribution in [0, 0.1) is 5.82 Å². The van der Waals surface area contributed by atoms with Crippen molar-refractivity contribution in [2.75, 3.05) is 25.6 Å². The molecule has 0 radical (unpaired) electrons. The van der Waals surface area contributed by atoms with Gasteiger partial charge in [0.25, 0.3) is 0 Å². The molecular weight excluding hydrogens is 235 g/mol. The van der Waals surface area contributed by atoms with E-state index in [0.29, 0.717) is 6.61 Å². The number of amides is 1. The number of benzene rings is 1. The lowest BCUT2D eigenvalue weighted by molar-refractivity contribution is -0.115. The number of carbonyl (C=O) groups is 1. The van der Waals surface area contributed by atoms with Gasteiger partial charge in [0.2, 0.25) is 5.91 Å². The minimum Gasteiger partial charge on any atom is -0.383 e. The van der Waals surface area contributed by atoms with E-state index in [1.54, 1.807) is 19.2 Å². The molecule has 0 saturated heterocycles. The van der Waals surface area contributed by atoms with E-state index in [-0.39, 0.29) is 23.7 Å². The van der Waals surface area contributed by atoms with Crippen molar-refractivity contribution in [2.24, 2.45) is 0 Å². The number of hydrogen-bond acceptors (Lipinski definition) is 3. The normalized spacial score (nSPS) is 11.3. The van der Waals surface area contributed by atoms with Gasteiger partial charge in [0.15, 0.2) is 0 Å². The van der Waals surface area contributed by atoms with Crippen molar-refractivity contribution in [2.45, 2.75) is 19.4 Å². The van der Waals surface area contributed by atoms with E-state index in [1.165, 1.54) is 12.1 Å². The molecule has 0 aromatic heterocycles. The van der Waals surface area contributed by atoms with Crippen LogP contribution in [-0.2, 0) is 9.53 Å². The summed E-state index contributed by atoms with van der Waals surface area (Å²) in [6, 6.07) is 6.07. The highest BCUT2D eigenvalue weighted by molar-refractivity contribution is 5.92. The van der Waals surface area contributed by atoms with Crippen LogP contribution in [-0.4, -0.2) is 31.7 Å². The molecule has 0 atom stereocenters. The highest BCUT2D eigenvalue weighted by Crippen LogP contribution is 2.12. The SMILES string of the molecule is COCC(C)(C)NCC(=O)Nc1ccccc1F. The van der Waals surface area contributed by atoms with Gasteiger partial charge in [-0.2, -0.15) is 0 Å². The third kappa shape index (κ3) is 4.81. The highest BCUT2D eigenvalue weighted by Gasteiger charge is 2.18. The monoisotopic (exact) mass is 254 g/mol. The third-order valence-corrected chi connectivity index (χ3v) is 2.38. The molecule has 0 aliphatic heterocycles. The molecule has 18 heavy (non-hydrogen) atoms. The van der Waals surface area contributed by atoms with Gasteiger partial charge < -0.3 is 15.4 Å². The predicted octanol–water partition coefficient (Wildman–Crippen LogP) is 1.78. The molecule has 100 valence electrons. The topological polar surface area (TPSA) is 50.4 Å².